The monoisotopic (exact) mass is 566 g/mol. The number of halogens is 2. The molecule has 0 bridgehead atoms. The molecule has 2 aromatic rings. The van der Waals surface area contributed by atoms with E-state index in [1.54, 1.807) is 11.8 Å². The lowest BCUT2D eigenvalue weighted by Gasteiger charge is -2.29. The Labute approximate surface area is 208 Å². The molecule has 0 aromatic heterocycles. The van der Waals surface area contributed by atoms with Gasteiger partial charge in [-0.15, -0.1) is 0 Å². The summed E-state index contributed by atoms with van der Waals surface area (Å²) in [5, 5.41) is 2.88. The van der Waals surface area contributed by atoms with Gasteiger partial charge >= 0.3 is 0 Å². The molecule has 0 aliphatic carbocycles. The predicted molar refractivity (Wildman–Crippen MR) is 136 cm³/mol. The topological polar surface area (TPSA) is 58.6 Å². The number of amides is 2. The molecular weight excluding hydrogens is 536 g/mol. The van der Waals surface area contributed by atoms with Gasteiger partial charge in [0, 0.05) is 17.6 Å². The lowest BCUT2D eigenvalue weighted by atomic mass is 9.87. The Morgan fingerprint density at radius 1 is 1.09 bits per heavy atom. The zero-order valence-corrected chi connectivity index (χ0v) is 22.5. The third kappa shape index (κ3) is 7.62. The summed E-state index contributed by atoms with van der Waals surface area (Å²) in [6, 6.07) is 13.0. The van der Waals surface area contributed by atoms with Crippen LogP contribution in [-0.4, -0.2) is 35.9 Å². The third-order valence-corrected chi connectivity index (χ3v) is 6.28. The van der Waals surface area contributed by atoms with Crippen molar-refractivity contribution in [1.82, 2.24) is 10.2 Å². The van der Waals surface area contributed by atoms with Gasteiger partial charge in [0.1, 0.15) is 11.8 Å². The second-order valence-corrected chi connectivity index (χ2v) is 10.6. The normalized spacial score (nSPS) is 12.2. The fourth-order valence-electron chi connectivity index (χ4n) is 3.07. The summed E-state index contributed by atoms with van der Waals surface area (Å²) >= 11 is 6.98. The summed E-state index contributed by atoms with van der Waals surface area (Å²) in [6.45, 7) is 10.9. The maximum atomic E-state index is 13.1. The molecule has 2 amide bonds. The molecule has 2 aromatic carbocycles. The molecule has 0 aliphatic rings. The van der Waals surface area contributed by atoms with Crippen LogP contribution in [0.25, 0.3) is 0 Å². The third-order valence-electron chi connectivity index (χ3n) is 5.13. The van der Waals surface area contributed by atoms with Gasteiger partial charge in [-0.05, 0) is 70.1 Å². The molecule has 32 heavy (non-hydrogen) atoms. The number of carbonyl (C=O) groups is 2. The molecule has 0 aliphatic heterocycles. The van der Waals surface area contributed by atoms with Crippen LogP contribution in [0, 0.1) is 0 Å². The smallest absolute Gasteiger partial charge is 0.261 e. The summed E-state index contributed by atoms with van der Waals surface area (Å²) in [4.78, 5) is 27.3. The van der Waals surface area contributed by atoms with Gasteiger partial charge in [-0.2, -0.15) is 0 Å². The molecule has 174 valence electrons. The Kier molecular flexibility index (Phi) is 9.77. The zero-order valence-electron chi connectivity index (χ0n) is 19.4. The largest absolute Gasteiger partial charge is 0.483 e. The zero-order chi connectivity index (χ0) is 23.9. The lowest BCUT2D eigenvalue weighted by Crippen LogP contribution is -2.49. The van der Waals surface area contributed by atoms with E-state index < -0.39 is 6.04 Å². The highest BCUT2D eigenvalue weighted by Crippen LogP contribution is 2.31. The van der Waals surface area contributed by atoms with Crippen LogP contribution in [0.3, 0.4) is 0 Å². The fourth-order valence-corrected chi connectivity index (χ4v) is 3.83. The first-order valence-corrected chi connectivity index (χ1v) is 12.4. The van der Waals surface area contributed by atoms with Crippen molar-refractivity contribution in [2.24, 2.45) is 0 Å². The standard InChI is InChI=1S/C25H32Br2N2O3/c1-6-13-28-24(31)17(2)29(15-18-7-10-20(26)11-8-18)23(30)16-32-22-12-9-19(14-21(22)27)25(3,4)5/h7-12,14,17H,6,13,15-16H2,1-5H3,(H,28,31)/t17-/m1/s1. The van der Waals surface area contributed by atoms with E-state index in [0.29, 0.717) is 18.8 Å². The Morgan fingerprint density at radius 2 is 1.75 bits per heavy atom. The van der Waals surface area contributed by atoms with Crippen LogP contribution in [-0.2, 0) is 21.5 Å². The molecule has 0 heterocycles. The molecule has 0 spiro atoms. The van der Waals surface area contributed by atoms with Crippen molar-refractivity contribution < 1.29 is 14.3 Å². The van der Waals surface area contributed by atoms with Crippen LogP contribution in [0.1, 0.15) is 52.2 Å². The first kappa shape index (κ1) is 26.4. The van der Waals surface area contributed by atoms with E-state index in [2.05, 4.69) is 57.9 Å². The van der Waals surface area contributed by atoms with E-state index in [4.69, 9.17) is 4.74 Å². The van der Waals surface area contributed by atoms with Crippen molar-refractivity contribution in [3.63, 3.8) is 0 Å². The van der Waals surface area contributed by atoms with Crippen LogP contribution >= 0.6 is 31.9 Å². The van der Waals surface area contributed by atoms with Crippen molar-refractivity contribution in [3.05, 3.63) is 62.5 Å². The van der Waals surface area contributed by atoms with Crippen LogP contribution < -0.4 is 10.1 Å². The van der Waals surface area contributed by atoms with E-state index in [0.717, 1.165) is 20.9 Å². The van der Waals surface area contributed by atoms with Crippen molar-refractivity contribution in [2.45, 2.75) is 59.0 Å². The molecule has 7 heteroatoms. The highest BCUT2D eigenvalue weighted by Gasteiger charge is 2.26. The minimum atomic E-state index is -0.618. The van der Waals surface area contributed by atoms with E-state index in [-0.39, 0.29) is 23.8 Å². The Hall–Kier alpha value is -1.86. The van der Waals surface area contributed by atoms with Crippen LogP contribution in [0.2, 0.25) is 0 Å². The SMILES string of the molecule is CCCNC(=O)[C@@H](C)N(Cc1ccc(Br)cc1)C(=O)COc1ccc(C(C)(C)C)cc1Br. The van der Waals surface area contributed by atoms with Crippen LogP contribution in [0.4, 0.5) is 0 Å². The average Bonchev–Trinajstić information content (AvgIpc) is 2.74. The first-order valence-electron chi connectivity index (χ1n) is 10.8. The van der Waals surface area contributed by atoms with Crippen molar-refractivity contribution in [1.29, 1.82) is 0 Å². The van der Waals surface area contributed by atoms with Gasteiger partial charge in [0.2, 0.25) is 5.91 Å². The molecule has 0 unspecified atom stereocenters. The molecule has 0 fully saturated rings. The minimum Gasteiger partial charge on any atom is -0.483 e. The molecule has 1 N–H and O–H groups in total. The number of nitrogens with one attached hydrogen (secondary N) is 1. The molecule has 0 saturated heterocycles. The molecule has 5 nitrogen and oxygen atoms in total. The van der Waals surface area contributed by atoms with Crippen molar-refractivity contribution >= 4 is 43.7 Å². The Morgan fingerprint density at radius 3 is 2.31 bits per heavy atom. The molecule has 0 radical (unpaired) electrons. The van der Waals surface area contributed by atoms with Gasteiger partial charge in [-0.1, -0.05) is 61.8 Å². The molecule has 1 atom stereocenters. The minimum absolute atomic E-state index is 0.0135. The number of nitrogens with zero attached hydrogens (tertiary/aromatic N) is 1. The van der Waals surface area contributed by atoms with Crippen molar-refractivity contribution in [3.8, 4) is 5.75 Å². The highest BCUT2D eigenvalue weighted by molar-refractivity contribution is 9.10. The second-order valence-electron chi connectivity index (χ2n) is 8.80. The Bertz CT molecular complexity index is 924. The van der Waals surface area contributed by atoms with Gasteiger partial charge in [-0.25, -0.2) is 0 Å². The predicted octanol–water partition coefficient (Wildman–Crippen LogP) is 5.83. The van der Waals surface area contributed by atoms with E-state index >= 15 is 0 Å². The van der Waals surface area contributed by atoms with Crippen molar-refractivity contribution in [2.75, 3.05) is 13.2 Å². The number of hydrogen-bond acceptors (Lipinski definition) is 3. The van der Waals surface area contributed by atoms with E-state index in [1.807, 2.05) is 49.4 Å². The summed E-state index contributed by atoms with van der Waals surface area (Å²) < 4.78 is 7.59. The van der Waals surface area contributed by atoms with Gasteiger partial charge in [0.15, 0.2) is 6.61 Å². The van der Waals surface area contributed by atoms with Crippen LogP contribution in [0.15, 0.2) is 51.4 Å². The lowest BCUT2D eigenvalue weighted by molar-refractivity contribution is -0.142. The van der Waals surface area contributed by atoms with Gasteiger partial charge in [0.05, 0.1) is 4.47 Å². The Balaban J connectivity index is 2.16. The average molecular weight is 568 g/mol. The van der Waals surface area contributed by atoms with E-state index in [9.17, 15) is 9.59 Å². The van der Waals surface area contributed by atoms with E-state index in [1.165, 1.54) is 5.56 Å². The highest BCUT2D eigenvalue weighted by atomic mass is 79.9. The maximum Gasteiger partial charge on any atom is 0.261 e. The number of hydrogen-bond donors (Lipinski definition) is 1. The van der Waals surface area contributed by atoms with Crippen LogP contribution in [0.5, 0.6) is 5.75 Å². The quantitative estimate of drug-likeness (QED) is 0.414. The summed E-state index contributed by atoms with van der Waals surface area (Å²) in [5.74, 6) is 0.171. The fraction of sp³-hybridized carbons (Fsp3) is 0.440. The van der Waals surface area contributed by atoms with Gasteiger partial charge in [-0.3, -0.25) is 9.59 Å². The first-order chi connectivity index (χ1) is 15.0. The summed E-state index contributed by atoms with van der Waals surface area (Å²) in [5.41, 5.74) is 2.12. The van der Waals surface area contributed by atoms with Gasteiger partial charge in [0.25, 0.3) is 5.91 Å². The molecule has 2 rings (SSSR count). The number of ether oxygens (including phenoxy) is 1. The maximum absolute atomic E-state index is 13.1. The summed E-state index contributed by atoms with van der Waals surface area (Å²) in [6.07, 6.45) is 0.834. The molecule has 0 saturated carbocycles. The number of benzene rings is 2. The van der Waals surface area contributed by atoms with Gasteiger partial charge < -0.3 is 15.0 Å². The number of carbonyl (C=O) groups excluding carboxylic acids is 2. The summed E-state index contributed by atoms with van der Waals surface area (Å²) in [7, 11) is 0. The number of rotatable bonds is 9. The molecular formula is C25H32Br2N2O3. The second kappa shape index (κ2) is 11.8.